The first-order valence-electron chi connectivity index (χ1n) is 10.6. The molecular formula is C20H31N3O6S. The zero-order chi connectivity index (χ0) is 21.7. The summed E-state index contributed by atoms with van der Waals surface area (Å²) in [6.45, 7) is 4.75. The van der Waals surface area contributed by atoms with Crippen LogP contribution in [0.4, 0.5) is 0 Å². The Hall–Kier alpha value is -1.91. The van der Waals surface area contributed by atoms with E-state index >= 15 is 0 Å². The van der Waals surface area contributed by atoms with Gasteiger partial charge in [0.2, 0.25) is 16.8 Å². The molecule has 0 radical (unpaired) electrons. The van der Waals surface area contributed by atoms with Crippen LogP contribution in [-0.2, 0) is 19.6 Å². The summed E-state index contributed by atoms with van der Waals surface area (Å²) in [5, 5.41) is 2.56. The first-order chi connectivity index (χ1) is 14.3. The van der Waals surface area contributed by atoms with Crippen LogP contribution in [0.2, 0.25) is 0 Å². The van der Waals surface area contributed by atoms with E-state index in [9.17, 15) is 18.0 Å². The fraction of sp³-hybridized carbons (Fsp3) is 0.700. The monoisotopic (exact) mass is 441 g/mol. The molecule has 30 heavy (non-hydrogen) atoms. The number of amides is 1. The summed E-state index contributed by atoms with van der Waals surface area (Å²) in [4.78, 5) is 26.8. The molecule has 1 amide bonds. The molecule has 1 unspecified atom stereocenters. The molecule has 2 aliphatic heterocycles. The fourth-order valence-corrected chi connectivity index (χ4v) is 5.62. The number of hydrogen-bond donors (Lipinski definition) is 1. The van der Waals surface area contributed by atoms with Crippen LogP contribution in [0.5, 0.6) is 0 Å². The van der Waals surface area contributed by atoms with Gasteiger partial charge in [0.1, 0.15) is 6.04 Å². The van der Waals surface area contributed by atoms with Crippen molar-refractivity contribution in [2.24, 2.45) is 5.92 Å². The second kappa shape index (κ2) is 9.93. The number of carbonyl (C=O) groups excluding carboxylic acids is 2. The van der Waals surface area contributed by atoms with Crippen LogP contribution < -0.4 is 5.32 Å². The second-order valence-electron chi connectivity index (χ2n) is 7.94. The second-order valence-corrected chi connectivity index (χ2v) is 9.76. The van der Waals surface area contributed by atoms with Gasteiger partial charge in [-0.25, -0.2) is 13.2 Å². The smallest absolute Gasteiger partial charge is 0.374 e. The quantitative estimate of drug-likeness (QED) is 0.608. The van der Waals surface area contributed by atoms with E-state index in [-0.39, 0.29) is 29.9 Å². The van der Waals surface area contributed by atoms with Crippen molar-refractivity contribution >= 4 is 21.9 Å². The number of sulfonamides is 1. The molecule has 9 nitrogen and oxygen atoms in total. The van der Waals surface area contributed by atoms with Crippen molar-refractivity contribution in [2.45, 2.75) is 50.2 Å². The summed E-state index contributed by atoms with van der Waals surface area (Å²) in [6, 6.07) is 1.75. The first kappa shape index (κ1) is 22.8. The third-order valence-corrected chi connectivity index (χ3v) is 7.60. The van der Waals surface area contributed by atoms with E-state index in [2.05, 4.69) is 17.3 Å². The van der Waals surface area contributed by atoms with Crippen LogP contribution in [0, 0.1) is 5.92 Å². The summed E-state index contributed by atoms with van der Waals surface area (Å²) in [5.41, 5.74) is 0. The number of likely N-dealkylation sites (tertiary alicyclic amines) is 1. The first-order valence-corrected chi connectivity index (χ1v) is 12.0. The number of furan rings is 1. The molecule has 0 spiro atoms. The average molecular weight is 442 g/mol. The summed E-state index contributed by atoms with van der Waals surface area (Å²) >= 11 is 0. The van der Waals surface area contributed by atoms with Crippen molar-refractivity contribution in [1.82, 2.24) is 14.5 Å². The number of hydrogen-bond acceptors (Lipinski definition) is 7. The minimum atomic E-state index is -4.02. The largest absolute Gasteiger partial charge is 0.460 e. The number of ether oxygens (including phenoxy) is 1. The van der Waals surface area contributed by atoms with E-state index < -0.39 is 22.0 Å². The Balaban J connectivity index is 1.58. The molecule has 0 aromatic carbocycles. The molecule has 2 aliphatic rings. The van der Waals surface area contributed by atoms with Gasteiger partial charge in [0.15, 0.2) is 0 Å². The summed E-state index contributed by atoms with van der Waals surface area (Å²) < 4.78 is 37.2. The van der Waals surface area contributed by atoms with Crippen LogP contribution in [0.25, 0.3) is 0 Å². The highest BCUT2D eigenvalue weighted by atomic mass is 32.2. The Labute approximate surface area is 177 Å². The zero-order valence-electron chi connectivity index (χ0n) is 17.6. The Morgan fingerprint density at radius 3 is 2.63 bits per heavy atom. The van der Waals surface area contributed by atoms with Gasteiger partial charge in [-0.3, -0.25) is 4.79 Å². The molecule has 1 N–H and O–H groups in total. The lowest BCUT2D eigenvalue weighted by Crippen LogP contribution is -2.46. The van der Waals surface area contributed by atoms with Gasteiger partial charge in [0, 0.05) is 13.1 Å². The van der Waals surface area contributed by atoms with Crippen LogP contribution in [0.1, 0.15) is 49.6 Å². The maximum atomic E-state index is 13.0. The molecule has 0 bridgehead atoms. The highest BCUT2D eigenvalue weighted by Crippen LogP contribution is 2.28. The lowest BCUT2D eigenvalue weighted by atomic mass is 9.94. The molecule has 1 aromatic rings. The topological polar surface area (TPSA) is 109 Å². The van der Waals surface area contributed by atoms with Crippen molar-refractivity contribution in [3.8, 4) is 0 Å². The summed E-state index contributed by atoms with van der Waals surface area (Å²) in [6.07, 6.45) is 4.21. The van der Waals surface area contributed by atoms with Crippen LogP contribution in [0.3, 0.4) is 0 Å². The molecule has 2 saturated heterocycles. The minimum absolute atomic E-state index is 0.160. The standard InChI is InChI=1S/C20H31N3O6S/c1-3-28-20(25)17-6-7-18(29-17)30(26,27)23-12-4-5-16(23)19(24)21-11-8-15-9-13-22(2)14-10-15/h6-7,15-16H,3-5,8-14H2,1-2H3,(H,21,24). The number of piperidine rings is 1. The highest BCUT2D eigenvalue weighted by molar-refractivity contribution is 7.89. The third-order valence-electron chi connectivity index (χ3n) is 5.82. The summed E-state index contributed by atoms with van der Waals surface area (Å²) in [7, 11) is -1.91. The van der Waals surface area contributed by atoms with E-state index in [1.165, 1.54) is 16.4 Å². The van der Waals surface area contributed by atoms with Gasteiger partial charge in [0.05, 0.1) is 6.61 Å². The molecule has 1 aromatic heterocycles. The molecule has 2 fully saturated rings. The molecule has 168 valence electrons. The van der Waals surface area contributed by atoms with Crippen molar-refractivity contribution in [2.75, 3.05) is 39.8 Å². The highest BCUT2D eigenvalue weighted by Gasteiger charge is 2.41. The molecule has 0 aliphatic carbocycles. The van der Waals surface area contributed by atoms with E-state index in [0.717, 1.165) is 32.4 Å². The molecule has 3 rings (SSSR count). The molecule has 10 heteroatoms. The molecule has 3 heterocycles. The SMILES string of the molecule is CCOC(=O)c1ccc(S(=O)(=O)N2CCCC2C(=O)NCCC2CCN(C)CC2)o1. The Morgan fingerprint density at radius 1 is 1.20 bits per heavy atom. The normalized spacial score (nSPS) is 21.6. The van der Waals surface area contributed by atoms with E-state index in [1.54, 1.807) is 6.92 Å². The van der Waals surface area contributed by atoms with Crippen molar-refractivity contribution in [3.05, 3.63) is 17.9 Å². The predicted octanol–water partition coefficient (Wildman–Crippen LogP) is 1.46. The fourth-order valence-electron chi connectivity index (χ4n) is 4.04. The van der Waals surface area contributed by atoms with Crippen LogP contribution >= 0.6 is 0 Å². The van der Waals surface area contributed by atoms with Gasteiger partial charge >= 0.3 is 5.97 Å². The number of nitrogens with one attached hydrogen (secondary N) is 1. The van der Waals surface area contributed by atoms with Crippen molar-refractivity contribution in [1.29, 1.82) is 0 Å². The molecule has 0 saturated carbocycles. The third kappa shape index (κ3) is 5.22. The van der Waals surface area contributed by atoms with E-state index in [0.29, 0.717) is 25.3 Å². The van der Waals surface area contributed by atoms with Gasteiger partial charge < -0.3 is 19.4 Å². The van der Waals surface area contributed by atoms with E-state index in [1.807, 2.05) is 0 Å². The lowest BCUT2D eigenvalue weighted by molar-refractivity contribution is -0.124. The number of esters is 1. The van der Waals surface area contributed by atoms with Gasteiger partial charge in [-0.15, -0.1) is 0 Å². The number of carbonyl (C=O) groups is 2. The van der Waals surface area contributed by atoms with Crippen LogP contribution in [-0.4, -0.2) is 75.4 Å². The Bertz CT molecular complexity index is 844. The summed E-state index contributed by atoms with van der Waals surface area (Å²) in [5.74, 6) is -0.576. The maximum absolute atomic E-state index is 13.0. The van der Waals surface area contributed by atoms with Gasteiger partial charge in [-0.1, -0.05) is 0 Å². The number of rotatable bonds is 8. The van der Waals surface area contributed by atoms with Crippen LogP contribution in [0.15, 0.2) is 21.6 Å². The maximum Gasteiger partial charge on any atom is 0.374 e. The molecule has 1 atom stereocenters. The lowest BCUT2D eigenvalue weighted by Gasteiger charge is -2.29. The minimum Gasteiger partial charge on any atom is -0.460 e. The van der Waals surface area contributed by atoms with Gasteiger partial charge in [-0.05, 0) is 77.2 Å². The Kier molecular flexibility index (Phi) is 7.54. The Morgan fingerprint density at radius 2 is 1.93 bits per heavy atom. The average Bonchev–Trinajstić information content (AvgIpc) is 3.40. The van der Waals surface area contributed by atoms with Crippen molar-refractivity contribution in [3.63, 3.8) is 0 Å². The predicted molar refractivity (Wildman–Crippen MR) is 109 cm³/mol. The van der Waals surface area contributed by atoms with Gasteiger partial charge in [0.25, 0.3) is 10.0 Å². The van der Waals surface area contributed by atoms with Gasteiger partial charge in [-0.2, -0.15) is 4.31 Å². The van der Waals surface area contributed by atoms with Crippen molar-refractivity contribution < 1.29 is 27.2 Å². The number of nitrogens with zero attached hydrogens (tertiary/aromatic N) is 2. The zero-order valence-corrected chi connectivity index (χ0v) is 18.4. The molecular weight excluding hydrogens is 410 g/mol. The van der Waals surface area contributed by atoms with E-state index in [4.69, 9.17) is 9.15 Å².